The maximum Gasteiger partial charge on any atom is 0.233 e. The first-order valence-corrected chi connectivity index (χ1v) is 10.2. The number of carbonyl (C=O) groups is 2. The minimum absolute atomic E-state index is 0.00995. The van der Waals surface area contributed by atoms with E-state index in [4.69, 9.17) is 4.74 Å². The molecular weight excluding hydrogens is 366 g/mol. The van der Waals surface area contributed by atoms with E-state index in [9.17, 15) is 9.59 Å². The Labute approximate surface area is 172 Å². The number of para-hydroxylation sites is 2. The van der Waals surface area contributed by atoms with Crippen molar-refractivity contribution < 1.29 is 14.3 Å². The second-order valence-corrected chi connectivity index (χ2v) is 7.53. The van der Waals surface area contributed by atoms with Crippen LogP contribution in [0.2, 0.25) is 0 Å². The number of rotatable bonds is 7. The smallest absolute Gasteiger partial charge is 0.233 e. The number of carbonyl (C=O) groups excluding carboxylic acids is 2. The lowest BCUT2D eigenvalue weighted by Gasteiger charge is -2.28. The van der Waals surface area contributed by atoms with Gasteiger partial charge in [-0.15, -0.1) is 0 Å². The van der Waals surface area contributed by atoms with Gasteiger partial charge in [-0.3, -0.25) is 9.59 Å². The maximum absolute atomic E-state index is 12.3. The molecule has 6 nitrogen and oxygen atoms in total. The zero-order valence-corrected chi connectivity index (χ0v) is 17.1. The first-order chi connectivity index (χ1) is 14.0. The molecule has 1 saturated heterocycles. The summed E-state index contributed by atoms with van der Waals surface area (Å²) in [6.07, 6.45) is 3.46. The predicted molar refractivity (Wildman–Crippen MR) is 117 cm³/mol. The van der Waals surface area contributed by atoms with Crippen molar-refractivity contribution in [2.75, 3.05) is 28.6 Å². The van der Waals surface area contributed by atoms with E-state index < -0.39 is 0 Å². The van der Waals surface area contributed by atoms with Gasteiger partial charge in [0.15, 0.2) is 0 Å². The third-order valence-corrected chi connectivity index (χ3v) is 4.72. The highest BCUT2D eigenvalue weighted by molar-refractivity contribution is 6.08. The summed E-state index contributed by atoms with van der Waals surface area (Å²) in [6.45, 7) is 5.99. The molecule has 3 rings (SSSR count). The van der Waals surface area contributed by atoms with Crippen LogP contribution in [0, 0.1) is 0 Å². The van der Waals surface area contributed by atoms with Gasteiger partial charge in [0, 0.05) is 24.5 Å². The Morgan fingerprint density at radius 2 is 1.59 bits per heavy atom. The van der Waals surface area contributed by atoms with E-state index in [1.54, 1.807) is 12.1 Å². The monoisotopic (exact) mass is 395 g/mol. The Bertz CT molecular complexity index is 828. The van der Waals surface area contributed by atoms with Crippen LogP contribution in [-0.2, 0) is 9.59 Å². The van der Waals surface area contributed by atoms with Crippen LogP contribution in [0.4, 0.5) is 17.1 Å². The van der Waals surface area contributed by atoms with Crippen molar-refractivity contribution in [3.8, 4) is 5.75 Å². The van der Waals surface area contributed by atoms with Crippen LogP contribution in [0.3, 0.4) is 0 Å². The molecule has 1 aliphatic heterocycles. The van der Waals surface area contributed by atoms with Crippen LogP contribution in [-0.4, -0.2) is 31.0 Å². The van der Waals surface area contributed by atoms with Crippen molar-refractivity contribution in [1.82, 2.24) is 0 Å². The number of hydrogen-bond acceptors (Lipinski definition) is 4. The molecule has 0 radical (unpaired) electrons. The van der Waals surface area contributed by atoms with Gasteiger partial charge in [-0.25, -0.2) is 0 Å². The van der Waals surface area contributed by atoms with Crippen molar-refractivity contribution in [2.24, 2.45) is 0 Å². The van der Waals surface area contributed by atoms with E-state index in [1.807, 2.05) is 50.2 Å². The van der Waals surface area contributed by atoms with Crippen LogP contribution in [0.15, 0.2) is 48.5 Å². The molecule has 2 aromatic carbocycles. The summed E-state index contributed by atoms with van der Waals surface area (Å²) >= 11 is 0. The molecule has 2 amide bonds. The van der Waals surface area contributed by atoms with Crippen LogP contribution < -0.4 is 20.3 Å². The molecule has 0 unspecified atom stereocenters. The second-order valence-electron chi connectivity index (χ2n) is 7.53. The molecule has 154 valence electrons. The van der Waals surface area contributed by atoms with Gasteiger partial charge in [0.2, 0.25) is 11.8 Å². The van der Waals surface area contributed by atoms with E-state index in [1.165, 1.54) is 24.9 Å². The van der Waals surface area contributed by atoms with Crippen molar-refractivity contribution in [3.63, 3.8) is 0 Å². The molecule has 0 aliphatic carbocycles. The zero-order valence-electron chi connectivity index (χ0n) is 17.1. The van der Waals surface area contributed by atoms with E-state index >= 15 is 0 Å². The molecule has 2 aromatic rings. The van der Waals surface area contributed by atoms with Crippen molar-refractivity contribution in [3.05, 3.63) is 48.5 Å². The van der Waals surface area contributed by atoms with Gasteiger partial charge in [-0.2, -0.15) is 0 Å². The van der Waals surface area contributed by atoms with Crippen LogP contribution in [0.5, 0.6) is 5.75 Å². The summed E-state index contributed by atoms with van der Waals surface area (Å²) in [7, 11) is 0. The molecule has 0 spiro atoms. The largest absolute Gasteiger partial charge is 0.489 e. The zero-order chi connectivity index (χ0) is 20.6. The summed E-state index contributed by atoms with van der Waals surface area (Å²) in [5.74, 6) is -0.146. The van der Waals surface area contributed by atoms with Gasteiger partial charge in [0.1, 0.15) is 12.2 Å². The average Bonchev–Trinajstić information content (AvgIpc) is 2.70. The minimum Gasteiger partial charge on any atom is -0.489 e. The van der Waals surface area contributed by atoms with E-state index in [0.29, 0.717) is 17.1 Å². The topological polar surface area (TPSA) is 70.7 Å². The van der Waals surface area contributed by atoms with Crippen LogP contribution in [0.1, 0.15) is 39.5 Å². The number of amides is 2. The number of ether oxygens (including phenoxy) is 1. The SMILES string of the molecule is CC(C)Oc1ccccc1NC(=O)CC(=O)Nc1ccc(N2CCCCC2)cc1. The number of nitrogens with zero attached hydrogens (tertiary/aromatic N) is 1. The number of piperidine rings is 1. The lowest BCUT2D eigenvalue weighted by molar-refractivity contribution is -0.123. The molecule has 0 aromatic heterocycles. The molecule has 0 saturated carbocycles. The molecule has 6 heteroatoms. The highest BCUT2D eigenvalue weighted by atomic mass is 16.5. The standard InChI is InChI=1S/C23H29N3O3/c1-17(2)29-21-9-5-4-8-20(21)25-23(28)16-22(27)24-18-10-12-19(13-11-18)26-14-6-3-7-15-26/h4-5,8-13,17H,3,6-7,14-16H2,1-2H3,(H,24,27)(H,25,28). The van der Waals surface area contributed by atoms with Crippen molar-refractivity contribution in [1.29, 1.82) is 0 Å². The van der Waals surface area contributed by atoms with Crippen molar-refractivity contribution >= 4 is 28.9 Å². The summed E-state index contributed by atoms with van der Waals surface area (Å²) in [4.78, 5) is 26.9. The summed E-state index contributed by atoms with van der Waals surface area (Å²) in [5, 5.41) is 5.54. The molecule has 2 N–H and O–H groups in total. The number of nitrogens with one attached hydrogen (secondary N) is 2. The van der Waals surface area contributed by atoms with Gasteiger partial charge in [-0.05, 0) is 69.5 Å². The van der Waals surface area contributed by atoms with E-state index in [-0.39, 0.29) is 24.3 Å². The van der Waals surface area contributed by atoms with Crippen LogP contribution in [0.25, 0.3) is 0 Å². The lowest BCUT2D eigenvalue weighted by atomic mass is 10.1. The predicted octanol–water partition coefficient (Wildman–Crippen LogP) is 4.43. The highest BCUT2D eigenvalue weighted by Crippen LogP contribution is 2.25. The fourth-order valence-electron chi connectivity index (χ4n) is 3.38. The normalized spacial score (nSPS) is 13.8. The Kier molecular flexibility index (Phi) is 7.11. The summed E-state index contributed by atoms with van der Waals surface area (Å²) in [6, 6.07) is 15.0. The first kappa shape index (κ1) is 20.7. The van der Waals surface area contributed by atoms with Gasteiger partial charge in [-0.1, -0.05) is 12.1 Å². The fourth-order valence-corrected chi connectivity index (χ4v) is 3.38. The van der Waals surface area contributed by atoms with Crippen LogP contribution >= 0.6 is 0 Å². The van der Waals surface area contributed by atoms with Gasteiger partial charge in [0.25, 0.3) is 0 Å². The summed E-state index contributed by atoms with van der Waals surface area (Å²) in [5.41, 5.74) is 2.42. The maximum atomic E-state index is 12.3. The van der Waals surface area contributed by atoms with Gasteiger partial charge in [0.05, 0.1) is 11.8 Å². The number of hydrogen-bond donors (Lipinski definition) is 2. The molecule has 1 heterocycles. The molecule has 0 bridgehead atoms. The molecule has 0 atom stereocenters. The molecule has 1 fully saturated rings. The number of anilines is 3. The Hall–Kier alpha value is -3.02. The van der Waals surface area contributed by atoms with Gasteiger partial charge < -0.3 is 20.3 Å². The third kappa shape index (κ3) is 6.24. The lowest BCUT2D eigenvalue weighted by Crippen LogP contribution is -2.29. The minimum atomic E-state index is -0.382. The second kappa shape index (κ2) is 9.96. The van der Waals surface area contributed by atoms with Gasteiger partial charge >= 0.3 is 0 Å². The quantitative estimate of drug-likeness (QED) is 0.681. The molecular formula is C23H29N3O3. The Morgan fingerprint density at radius 3 is 2.28 bits per heavy atom. The first-order valence-electron chi connectivity index (χ1n) is 10.2. The Balaban J connectivity index is 1.52. The Morgan fingerprint density at radius 1 is 0.931 bits per heavy atom. The summed E-state index contributed by atoms with van der Waals surface area (Å²) < 4.78 is 5.69. The average molecular weight is 396 g/mol. The molecule has 29 heavy (non-hydrogen) atoms. The fraction of sp³-hybridized carbons (Fsp3) is 0.391. The highest BCUT2D eigenvalue weighted by Gasteiger charge is 2.14. The number of benzene rings is 2. The molecule has 1 aliphatic rings. The third-order valence-electron chi connectivity index (χ3n) is 4.72. The van der Waals surface area contributed by atoms with Crippen molar-refractivity contribution in [2.45, 2.75) is 45.6 Å². The van der Waals surface area contributed by atoms with E-state index in [2.05, 4.69) is 15.5 Å². The van der Waals surface area contributed by atoms with E-state index in [0.717, 1.165) is 13.1 Å².